The van der Waals surface area contributed by atoms with Crippen LogP contribution in [-0.2, 0) is 5.88 Å². The van der Waals surface area contributed by atoms with Crippen molar-refractivity contribution in [2.45, 2.75) is 51.5 Å². The molecule has 0 N–H and O–H groups in total. The average Bonchev–Trinajstić information content (AvgIpc) is 2.74. The highest BCUT2D eigenvalue weighted by Gasteiger charge is 2.30. The highest BCUT2D eigenvalue weighted by molar-refractivity contribution is 14.1. The summed E-state index contributed by atoms with van der Waals surface area (Å²) in [5.41, 5.74) is 2.74. The topological polar surface area (TPSA) is 17.8 Å². The molecule has 20 heavy (non-hydrogen) atoms. The number of rotatable bonds is 2. The number of hydrogen-bond acceptors (Lipinski definition) is 1. The summed E-state index contributed by atoms with van der Waals surface area (Å²) in [7, 11) is 0. The maximum absolute atomic E-state index is 6.15. The molecule has 0 spiro atoms. The lowest BCUT2D eigenvalue weighted by Crippen LogP contribution is -2.25. The number of hydrogen-bond donors (Lipinski definition) is 0. The fourth-order valence-electron chi connectivity index (χ4n) is 3.50. The predicted octanol–water partition coefficient (Wildman–Crippen LogP) is 5.52. The van der Waals surface area contributed by atoms with Crippen LogP contribution in [0.15, 0.2) is 18.2 Å². The first-order chi connectivity index (χ1) is 9.50. The van der Waals surface area contributed by atoms with E-state index in [4.69, 9.17) is 16.6 Å². The highest BCUT2D eigenvalue weighted by atomic mass is 127. The lowest BCUT2D eigenvalue weighted by atomic mass is 9.75. The first-order valence-corrected chi connectivity index (χ1v) is 8.84. The van der Waals surface area contributed by atoms with Crippen LogP contribution in [0.5, 0.6) is 0 Å². The van der Waals surface area contributed by atoms with Crippen LogP contribution in [0.4, 0.5) is 0 Å². The van der Waals surface area contributed by atoms with E-state index in [-0.39, 0.29) is 0 Å². The fraction of sp³-hybridized carbons (Fsp3) is 0.562. The third-order valence-corrected chi connectivity index (χ3v) is 5.30. The van der Waals surface area contributed by atoms with Crippen LogP contribution in [-0.4, -0.2) is 9.55 Å². The van der Waals surface area contributed by atoms with Crippen LogP contribution in [0, 0.1) is 8.99 Å². The minimum atomic E-state index is 0.423. The van der Waals surface area contributed by atoms with Crippen molar-refractivity contribution >= 4 is 45.2 Å². The summed E-state index contributed by atoms with van der Waals surface area (Å²) >= 11 is 8.49. The van der Waals surface area contributed by atoms with Gasteiger partial charge in [0, 0.05) is 9.61 Å². The van der Waals surface area contributed by atoms with Crippen molar-refractivity contribution in [2.75, 3.05) is 0 Å². The van der Waals surface area contributed by atoms with Crippen LogP contribution in [0.2, 0.25) is 0 Å². The fourth-order valence-corrected chi connectivity index (χ4v) is 4.17. The van der Waals surface area contributed by atoms with Gasteiger partial charge in [-0.05, 0) is 65.5 Å². The summed E-state index contributed by atoms with van der Waals surface area (Å²) < 4.78 is 3.63. The number of halogens is 2. The van der Waals surface area contributed by atoms with Crippen molar-refractivity contribution in [3.8, 4) is 0 Å². The maximum atomic E-state index is 6.15. The Morgan fingerprint density at radius 1 is 1.45 bits per heavy atom. The van der Waals surface area contributed by atoms with Crippen molar-refractivity contribution in [1.82, 2.24) is 9.55 Å². The molecule has 0 radical (unpaired) electrons. The van der Waals surface area contributed by atoms with Crippen LogP contribution < -0.4 is 0 Å². The van der Waals surface area contributed by atoms with E-state index in [0.29, 0.717) is 17.3 Å². The third-order valence-electron chi connectivity index (χ3n) is 4.39. The third kappa shape index (κ3) is 2.71. The smallest absolute Gasteiger partial charge is 0.125 e. The van der Waals surface area contributed by atoms with E-state index >= 15 is 0 Å². The van der Waals surface area contributed by atoms with Crippen LogP contribution in [0.25, 0.3) is 11.0 Å². The molecule has 1 heterocycles. The molecule has 1 aromatic heterocycles. The molecule has 1 fully saturated rings. The maximum Gasteiger partial charge on any atom is 0.125 e. The minimum Gasteiger partial charge on any atom is -0.324 e. The number of aromatic nitrogens is 2. The molecular formula is C16H20ClIN2. The molecule has 1 unspecified atom stereocenters. The van der Waals surface area contributed by atoms with Gasteiger partial charge in [0.2, 0.25) is 0 Å². The molecule has 4 heteroatoms. The molecule has 0 bridgehead atoms. The van der Waals surface area contributed by atoms with Crippen LogP contribution >= 0.6 is 34.2 Å². The number of fused-ring (bicyclic) bond motifs is 1. The number of nitrogens with zero attached hydrogens (tertiary/aromatic N) is 2. The average molecular weight is 403 g/mol. The molecule has 1 aliphatic carbocycles. The monoisotopic (exact) mass is 402 g/mol. The summed E-state index contributed by atoms with van der Waals surface area (Å²) in [6.07, 6.45) is 5.08. The van der Waals surface area contributed by atoms with E-state index in [1.165, 1.54) is 34.8 Å². The van der Waals surface area contributed by atoms with Crippen molar-refractivity contribution in [3.63, 3.8) is 0 Å². The van der Waals surface area contributed by atoms with Gasteiger partial charge in [0.1, 0.15) is 5.82 Å². The zero-order valence-electron chi connectivity index (χ0n) is 12.0. The quantitative estimate of drug-likeness (QED) is 0.477. The SMILES string of the molecule is CC1(C)CCCC(n2c(CCl)nc3cc(I)ccc32)C1. The molecule has 0 amide bonds. The summed E-state index contributed by atoms with van der Waals surface area (Å²) in [6.45, 7) is 4.75. The second-order valence-corrected chi connectivity index (χ2v) is 8.09. The molecule has 1 aromatic carbocycles. The Hall–Kier alpha value is -0.290. The summed E-state index contributed by atoms with van der Waals surface area (Å²) in [6, 6.07) is 7.04. The van der Waals surface area contributed by atoms with Gasteiger partial charge in [-0.1, -0.05) is 20.3 Å². The van der Waals surface area contributed by atoms with Gasteiger partial charge in [0.15, 0.2) is 0 Å². The van der Waals surface area contributed by atoms with Crippen molar-refractivity contribution in [3.05, 3.63) is 27.6 Å². The Bertz CT molecular complexity index is 633. The molecular weight excluding hydrogens is 383 g/mol. The molecule has 3 rings (SSSR count). The standard InChI is InChI=1S/C16H20ClIN2/c1-16(2)7-3-4-12(9-16)20-14-6-5-11(18)8-13(14)19-15(20)10-17/h5-6,8,12H,3-4,7,9-10H2,1-2H3. The molecule has 1 saturated carbocycles. The molecule has 1 atom stereocenters. The van der Waals surface area contributed by atoms with Gasteiger partial charge >= 0.3 is 0 Å². The zero-order valence-corrected chi connectivity index (χ0v) is 14.9. The largest absolute Gasteiger partial charge is 0.324 e. The van der Waals surface area contributed by atoms with Crippen molar-refractivity contribution in [1.29, 1.82) is 0 Å². The number of alkyl halides is 1. The van der Waals surface area contributed by atoms with Crippen LogP contribution in [0.3, 0.4) is 0 Å². The molecule has 108 valence electrons. The Balaban J connectivity index is 2.09. The highest BCUT2D eigenvalue weighted by Crippen LogP contribution is 2.42. The Morgan fingerprint density at radius 2 is 2.25 bits per heavy atom. The molecule has 1 aliphatic rings. The van der Waals surface area contributed by atoms with Gasteiger partial charge in [-0.25, -0.2) is 4.98 Å². The van der Waals surface area contributed by atoms with E-state index in [0.717, 1.165) is 11.3 Å². The first kappa shape index (κ1) is 14.6. The molecule has 2 nitrogen and oxygen atoms in total. The lowest BCUT2D eigenvalue weighted by Gasteiger charge is -2.36. The van der Waals surface area contributed by atoms with Crippen molar-refractivity contribution in [2.24, 2.45) is 5.41 Å². The van der Waals surface area contributed by atoms with Gasteiger partial charge in [0.05, 0.1) is 16.9 Å². The van der Waals surface area contributed by atoms with Crippen LogP contribution in [0.1, 0.15) is 51.4 Å². The first-order valence-electron chi connectivity index (χ1n) is 7.22. The van der Waals surface area contributed by atoms with E-state index in [9.17, 15) is 0 Å². The Kier molecular flexibility index (Phi) is 4.01. The Labute approximate surface area is 139 Å². The van der Waals surface area contributed by atoms with E-state index in [1.54, 1.807) is 0 Å². The molecule has 0 saturated heterocycles. The molecule has 2 aromatic rings. The van der Waals surface area contributed by atoms with Gasteiger partial charge in [-0.2, -0.15) is 0 Å². The van der Waals surface area contributed by atoms with Gasteiger partial charge in [0.25, 0.3) is 0 Å². The lowest BCUT2D eigenvalue weighted by molar-refractivity contribution is 0.184. The molecule has 0 aliphatic heterocycles. The number of benzene rings is 1. The summed E-state index contributed by atoms with van der Waals surface area (Å²) in [4.78, 5) is 4.74. The van der Waals surface area contributed by atoms with Gasteiger partial charge in [-0.15, -0.1) is 11.6 Å². The summed E-state index contributed by atoms with van der Waals surface area (Å²) in [5, 5.41) is 0. The minimum absolute atomic E-state index is 0.423. The Morgan fingerprint density at radius 3 is 2.95 bits per heavy atom. The summed E-state index contributed by atoms with van der Waals surface area (Å²) in [5.74, 6) is 1.51. The van der Waals surface area contributed by atoms with E-state index in [1.807, 2.05) is 0 Å². The van der Waals surface area contributed by atoms with Gasteiger partial charge < -0.3 is 4.57 Å². The second-order valence-electron chi connectivity index (χ2n) is 6.58. The number of imidazole rings is 1. The van der Waals surface area contributed by atoms with E-state index in [2.05, 4.69) is 59.2 Å². The van der Waals surface area contributed by atoms with Crippen molar-refractivity contribution < 1.29 is 0 Å². The second kappa shape index (κ2) is 5.48. The van der Waals surface area contributed by atoms with E-state index < -0.39 is 0 Å². The van der Waals surface area contributed by atoms with Gasteiger partial charge in [-0.3, -0.25) is 0 Å². The zero-order chi connectivity index (χ0) is 14.3. The predicted molar refractivity (Wildman–Crippen MR) is 93.3 cm³/mol. The normalized spacial score (nSPS) is 22.3.